The summed E-state index contributed by atoms with van der Waals surface area (Å²) >= 11 is 1.59. The second-order valence-electron chi connectivity index (χ2n) is 6.93. The Labute approximate surface area is 168 Å². The van der Waals surface area contributed by atoms with Crippen LogP contribution in [0.1, 0.15) is 36.4 Å². The van der Waals surface area contributed by atoms with E-state index in [-0.39, 0.29) is 11.9 Å². The first kappa shape index (κ1) is 18.8. The van der Waals surface area contributed by atoms with Crippen LogP contribution in [-0.2, 0) is 17.6 Å². The van der Waals surface area contributed by atoms with Crippen molar-refractivity contribution in [2.75, 3.05) is 19.6 Å². The fourth-order valence-corrected chi connectivity index (χ4v) is 4.13. The largest absolute Gasteiger partial charge is 0.339 e. The topological polar surface area (TPSA) is 71.3 Å². The van der Waals surface area contributed by atoms with Gasteiger partial charge in [0.1, 0.15) is 0 Å². The Morgan fingerprint density at radius 3 is 2.93 bits per heavy atom. The molecule has 1 atom stereocenters. The number of carbonyl (C=O) groups excluding carboxylic acids is 1. The highest BCUT2D eigenvalue weighted by atomic mass is 32.1. The smallest absolute Gasteiger partial charge is 0.227 e. The molecule has 2 aromatic heterocycles. The van der Waals surface area contributed by atoms with Gasteiger partial charge in [-0.15, -0.1) is 0 Å². The minimum Gasteiger partial charge on any atom is -0.339 e. The molecule has 4 rings (SSSR count). The van der Waals surface area contributed by atoms with Gasteiger partial charge in [-0.25, -0.2) is 0 Å². The molecule has 1 aromatic carbocycles. The summed E-state index contributed by atoms with van der Waals surface area (Å²) in [6.45, 7) is 4.45. The molecule has 3 heterocycles. The Hall–Kier alpha value is -2.51. The van der Waals surface area contributed by atoms with E-state index in [2.05, 4.69) is 46.6 Å². The monoisotopic (exact) mass is 396 g/mol. The predicted octanol–water partition coefficient (Wildman–Crippen LogP) is 3.47. The first-order valence-corrected chi connectivity index (χ1v) is 10.6. The molecule has 1 amide bonds. The lowest BCUT2D eigenvalue weighted by atomic mass is 10.0. The van der Waals surface area contributed by atoms with Crippen LogP contribution >= 0.6 is 11.3 Å². The number of benzene rings is 1. The molecule has 0 radical (unpaired) electrons. The molecule has 0 saturated carbocycles. The molecule has 28 heavy (non-hydrogen) atoms. The summed E-state index contributed by atoms with van der Waals surface area (Å²) in [6.07, 6.45) is 1.85. The van der Waals surface area contributed by atoms with Gasteiger partial charge in [0.2, 0.25) is 17.6 Å². The Morgan fingerprint density at radius 1 is 1.32 bits per heavy atom. The Morgan fingerprint density at radius 2 is 2.18 bits per heavy atom. The van der Waals surface area contributed by atoms with Gasteiger partial charge in [0.15, 0.2) is 0 Å². The number of nitrogens with one attached hydrogen (secondary N) is 1. The maximum absolute atomic E-state index is 12.9. The highest BCUT2D eigenvalue weighted by Gasteiger charge is 2.27. The van der Waals surface area contributed by atoms with E-state index < -0.39 is 0 Å². The van der Waals surface area contributed by atoms with Crippen LogP contribution in [0.5, 0.6) is 0 Å². The number of rotatable bonds is 6. The average Bonchev–Trinajstić information content (AvgIpc) is 3.44. The number of amides is 1. The van der Waals surface area contributed by atoms with Crippen LogP contribution in [0.15, 0.2) is 45.6 Å². The summed E-state index contributed by atoms with van der Waals surface area (Å²) in [4.78, 5) is 19.3. The lowest BCUT2D eigenvalue weighted by Crippen LogP contribution is -2.48. The third-order valence-electron chi connectivity index (χ3n) is 5.14. The first-order valence-electron chi connectivity index (χ1n) is 9.68. The zero-order valence-corrected chi connectivity index (χ0v) is 16.7. The lowest BCUT2D eigenvalue weighted by molar-refractivity contribution is -0.134. The van der Waals surface area contributed by atoms with Crippen molar-refractivity contribution in [2.24, 2.45) is 0 Å². The maximum Gasteiger partial charge on any atom is 0.227 e. The second-order valence-corrected chi connectivity index (χ2v) is 7.71. The molecule has 1 saturated heterocycles. The molecular formula is C21H24N4O2S. The maximum atomic E-state index is 12.9. The van der Waals surface area contributed by atoms with Crippen molar-refractivity contribution < 1.29 is 9.32 Å². The van der Waals surface area contributed by atoms with Gasteiger partial charge < -0.3 is 14.7 Å². The third-order valence-corrected chi connectivity index (χ3v) is 5.82. The number of hydrogen-bond acceptors (Lipinski definition) is 6. The van der Waals surface area contributed by atoms with Gasteiger partial charge in [0.05, 0.1) is 6.04 Å². The first-order chi connectivity index (χ1) is 13.7. The number of carbonyl (C=O) groups is 1. The van der Waals surface area contributed by atoms with Crippen molar-refractivity contribution in [3.63, 3.8) is 0 Å². The Bertz CT molecular complexity index is 905. The molecule has 1 aliphatic rings. The van der Waals surface area contributed by atoms with Gasteiger partial charge >= 0.3 is 0 Å². The molecule has 3 aromatic rings. The normalized spacial score (nSPS) is 17.0. The summed E-state index contributed by atoms with van der Waals surface area (Å²) in [6, 6.07) is 10.6. The van der Waals surface area contributed by atoms with Crippen molar-refractivity contribution in [3.8, 4) is 11.4 Å². The molecule has 1 N–H and O–H groups in total. The van der Waals surface area contributed by atoms with Crippen molar-refractivity contribution >= 4 is 17.2 Å². The van der Waals surface area contributed by atoms with E-state index in [4.69, 9.17) is 4.52 Å². The van der Waals surface area contributed by atoms with Gasteiger partial charge in [-0.2, -0.15) is 16.3 Å². The van der Waals surface area contributed by atoms with Crippen LogP contribution in [0.25, 0.3) is 11.4 Å². The van der Waals surface area contributed by atoms with Gasteiger partial charge in [-0.1, -0.05) is 36.3 Å². The molecule has 6 nitrogen and oxygen atoms in total. The molecule has 7 heteroatoms. The standard InChI is InChI=1S/C21H24N4O2S/c1-2-15-3-5-16(6-4-15)18-13-22-10-11-25(18)20(26)8-7-19-23-21(24-27-19)17-9-12-28-14-17/h3-6,9,12,14,18,22H,2,7-8,10-11,13H2,1H3. The number of thiophene rings is 1. The summed E-state index contributed by atoms with van der Waals surface area (Å²) < 4.78 is 5.32. The van der Waals surface area contributed by atoms with Crippen LogP contribution in [0.2, 0.25) is 0 Å². The number of nitrogens with zero attached hydrogens (tertiary/aromatic N) is 3. The SMILES string of the molecule is CCc1ccc(C2CNCCN2C(=O)CCc2nc(-c3ccsc3)no2)cc1. The fourth-order valence-electron chi connectivity index (χ4n) is 3.50. The zero-order valence-electron chi connectivity index (χ0n) is 15.9. The molecule has 0 bridgehead atoms. The van der Waals surface area contributed by atoms with E-state index in [1.807, 2.05) is 21.7 Å². The number of aromatic nitrogens is 2. The third kappa shape index (κ3) is 4.15. The molecular weight excluding hydrogens is 372 g/mol. The van der Waals surface area contributed by atoms with Crippen LogP contribution in [0.4, 0.5) is 0 Å². The van der Waals surface area contributed by atoms with Crippen molar-refractivity contribution in [2.45, 2.75) is 32.2 Å². The van der Waals surface area contributed by atoms with E-state index in [1.54, 1.807) is 11.3 Å². The number of aryl methyl sites for hydroxylation is 2. The quantitative estimate of drug-likeness (QED) is 0.691. The highest BCUT2D eigenvalue weighted by molar-refractivity contribution is 7.08. The summed E-state index contributed by atoms with van der Waals surface area (Å²) in [5.74, 6) is 1.22. The van der Waals surface area contributed by atoms with Crippen LogP contribution in [0, 0.1) is 0 Å². The summed E-state index contributed by atoms with van der Waals surface area (Å²) in [5, 5.41) is 11.4. The summed E-state index contributed by atoms with van der Waals surface area (Å²) in [5.41, 5.74) is 3.43. The minimum atomic E-state index is 0.0659. The molecule has 146 valence electrons. The van der Waals surface area contributed by atoms with E-state index in [0.29, 0.717) is 31.1 Å². The van der Waals surface area contributed by atoms with Gasteiger partial charge in [0.25, 0.3) is 0 Å². The van der Waals surface area contributed by atoms with E-state index in [0.717, 1.165) is 25.1 Å². The van der Waals surface area contributed by atoms with Crippen LogP contribution in [-0.4, -0.2) is 40.6 Å². The van der Waals surface area contributed by atoms with Gasteiger partial charge in [-0.05, 0) is 29.0 Å². The number of piperazine rings is 1. The van der Waals surface area contributed by atoms with Gasteiger partial charge in [0, 0.05) is 43.4 Å². The lowest BCUT2D eigenvalue weighted by Gasteiger charge is -2.36. The van der Waals surface area contributed by atoms with Crippen molar-refractivity contribution in [1.29, 1.82) is 0 Å². The van der Waals surface area contributed by atoms with Gasteiger partial charge in [-0.3, -0.25) is 4.79 Å². The Balaban J connectivity index is 1.40. The van der Waals surface area contributed by atoms with Crippen molar-refractivity contribution in [3.05, 3.63) is 58.1 Å². The Kier molecular flexibility index (Phi) is 5.83. The molecule has 0 spiro atoms. The van der Waals surface area contributed by atoms with E-state index >= 15 is 0 Å². The zero-order chi connectivity index (χ0) is 19.3. The van der Waals surface area contributed by atoms with Crippen LogP contribution < -0.4 is 5.32 Å². The fraction of sp³-hybridized carbons (Fsp3) is 0.381. The molecule has 1 fully saturated rings. The second kappa shape index (κ2) is 8.67. The predicted molar refractivity (Wildman–Crippen MR) is 109 cm³/mol. The molecule has 0 aliphatic carbocycles. The molecule has 1 unspecified atom stereocenters. The van der Waals surface area contributed by atoms with E-state index in [9.17, 15) is 4.79 Å². The van der Waals surface area contributed by atoms with E-state index in [1.165, 1.54) is 11.1 Å². The van der Waals surface area contributed by atoms with Crippen molar-refractivity contribution in [1.82, 2.24) is 20.4 Å². The number of hydrogen-bond donors (Lipinski definition) is 1. The molecule has 1 aliphatic heterocycles. The minimum absolute atomic E-state index is 0.0659. The van der Waals surface area contributed by atoms with Crippen LogP contribution in [0.3, 0.4) is 0 Å². The highest BCUT2D eigenvalue weighted by Crippen LogP contribution is 2.24. The average molecular weight is 397 g/mol. The summed E-state index contributed by atoms with van der Waals surface area (Å²) in [7, 11) is 0.